The van der Waals surface area contributed by atoms with E-state index in [0.29, 0.717) is 31.5 Å². The zero-order chi connectivity index (χ0) is 51.7. The molecule has 2 aromatic carbocycles. The van der Waals surface area contributed by atoms with Gasteiger partial charge in [0.15, 0.2) is 0 Å². The molecule has 16 nitrogen and oxygen atoms in total. The van der Waals surface area contributed by atoms with Gasteiger partial charge in [0, 0.05) is 52.5 Å². The van der Waals surface area contributed by atoms with Crippen molar-refractivity contribution < 1.29 is 43.0 Å². The first kappa shape index (κ1) is 58.3. The molecule has 9 atom stereocenters. The molecule has 1 aliphatic rings. The van der Waals surface area contributed by atoms with E-state index < -0.39 is 60.0 Å². The lowest BCUT2D eigenvalue weighted by Crippen LogP contribution is -2.59. The minimum Gasteiger partial charge on any atom is -0.444 e. The molecule has 0 radical (unpaired) electrons. The third-order valence-corrected chi connectivity index (χ3v) is 13.1. The lowest BCUT2D eigenvalue weighted by Gasteiger charge is -2.41. The zero-order valence-corrected chi connectivity index (χ0v) is 44.2. The number of amides is 6. The molecule has 69 heavy (non-hydrogen) atoms. The average molecular weight is 964 g/mol. The maximum Gasteiger partial charge on any atom is 0.412 e. The fourth-order valence-electron chi connectivity index (χ4n) is 9.44. The molecule has 16 heteroatoms. The summed E-state index contributed by atoms with van der Waals surface area (Å²) in [6.07, 6.45) is 0.603. The topological polar surface area (TPSA) is 188 Å². The predicted octanol–water partition coefficient (Wildman–Crippen LogP) is 6.41. The van der Waals surface area contributed by atoms with Crippen LogP contribution in [0.25, 0.3) is 0 Å². The molecule has 0 spiro atoms. The standard InChI is InChI=1S/C53H85N7O9/c1-16-35(6)47(59(13)51(65)45(33(2)3)57-50(64)46(34(4)5)58(11)12)42(67-14)31-44(62)60-28-20-23-41(60)48(68-15)36(7)49(63)55-40(29-37-21-18-17-19-22-37)30-43(61)54-32-38-24-26-39(27-25-38)56-52(66)69-53(8,9)10/h17-19,21-22,24-27,33-36,40-42,45-48H,16,20,23,28-32H2,1-15H3,(H,54,61)(H,55,63)(H,56,66)(H,57,64)/t35-,36+,40-,41-,42+,45-,46-,47-,48+/m0/s1. The Labute approximate surface area is 412 Å². The molecule has 0 aromatic heterocycles. The van der Waals surface area contributed by atoms with Crippen LogP contribution in [-0.2, 0) is 51.1 Å². The van der Waals surface area contributed by atoms with Gasteiger partial charge in [-0.15, -0.1) is 0 Å². The number of carbonyl (C=O) groups excluding carboxylic acids is 6. The normalized spacial score (nSPS) is 17.5. The number of ether oxygens (including phenoxy) is 3. The highest BCUT2D eigenvalue weighted by Gasteiger charge is 2.43. The summed E-state index contributed by atoms with van der Waals surface area (Å²) in [5.74, 6) is -2.10. The van der Waals surface area contributed by atoms with E-state index in [-0.39, 0.29) is 66.7 Å². The monoisotopic (exact) mass is 964 g/mol. The van der Waals surface area contributed by atoms with Crippen molar-refractivity contribution in [3.05, 3.63) is 65.7 Å². The van der Waals surface area contributed by atoms with Crippen molar-refractivity contribution in [3.63, 3.8) is 0 Å². The third-order valence-electron chi connectivity index (χ3n) is 13.1. The molecule has 1 aliphatic heterocycles. The maximum absolute atomic E-state index is 14.5. The molecule has 1 heterocycles. The zero-order valence-electron chi connectivity index (χ0n) is 44.2. The smallest absolute Gasteiger partial charge is 0.412 e. The second-order valence-electron chi connectivity index (χ2n) is 20.7. The number of likely N-dealkylation sites (N-methyl/N-ethyl adjacent to an activating group) is 2. The summed E-state index contributed by atoms with van der Waals surface area (Å²) in [4.78, 5) is 87.5. The highest BCUT2D eigenvalue weighted by Crippen LogP contribution is 2.30. The van der Waals surface area contributed by atoms with E-state index in [0.717, 1.165) is 17.5 Å². The van der Waals surface area contributed by atoms with Crippen molar-refractivity contribution >= 4 is 41.3 Å². The van der Waals surface area contributed by atoms with Gasteiger partial charge in [0.05, 0.1) is 42.7 Å². The Morgan fingerprint density at radius 1 is 0.797 bits per heavy atom. The summed E-state index contributed by atoms with van der Waals surface area (Å²) in [5.41, 5.74) is 1.71. The number of carbonyl (C=O) groups is 6. The van der Waals surface area contributed by atoms with Crippen LogP contribution in [0.1, 0.15) is 112 Å². The summed E-state index contributed by atoms with van der Waals surface area (Å²) in [6.45, 7) is 19.7. The van der Waals surface area contributed by atoms with E-state index in [1.165, 1.54) is 0 Å². The molecule has 0 unspecified atom stereocenters. The van der Waals surface area contributed by atoms with Crippen molar-refractivity contribution in [1.29, 1.82) is 0 Å². The van der Waals surface area contributed by atoms with Crippen LogP contribution >= 0.6 is 0 Å². The van der Waals surface area contributed by atoms with Gasteiger partial charge in [0.1, 0.15) is 11.6 Å². The minimum absolute atomic E-state index is 0.00717. The van der Waals surface area contributed by atoms with Crippen LogP contribution in [0, 0.1) is 23.7 Å². The van der Waals surface area contributed by atoms with Gasteiger partial charge in [-0.3, -0.25) is 34.2 Å². The number of methoxy groups -OCH3 is 2. The molecular formula is C53H85N7O9. The number of likely N-dealkylation sites (tertiary alicyclic amines) is 1. The van der Waals surface area contributed by atoms with Gasteiger partial charge in [-0.05, 0) is 95.1 Å². The van der Waals surface area contributed by atoms with Gasteiger partial charge < -0.3 is 40.0 Å². The first-order valence-electron chi connectivity index (χ1n) is 24.7. The Morgan fingerprint density at radius 2 is 1.43 bits per heavy atom. The number of nitrogens with zero attached hydrogens (tertiary/aromatic N) is 3. The van der Waals surface area contributed by atoms with E-state index in [2.05, 4.69) is 21.3 Å². The Kier molecular flexibility index (Phi) is 23.1. The van der Waals surface area contributed by atoms with E-state index in [1.807, 2.05) is 90.9 Å². The Hall–Kier alpha value is -5.06. The molecule has 1 fully saturated rings. The van der Waals surface area contributed by atoms with Gasteiger partial charge >= 0.3 is 6.09 Å². The molecule has 0 bridgehead atoms. The quantitative estimate of drug-likeness (QED) is 0.0866. The largest absolute Gasteiger partial charge is 0.444 e. The molecule has 3 rings (SSSR count). The van der Waals surface area contributed by atoms with Crippen LogP contribution in [-0.4, -0.2) is 140 Å². The first-order chi connectivity index (χ1) is 32.4. The SMILES string of the molecule is CC[C@H](C)[C@@H]([C@@H](CC(=O)N1CCC[C@H]1[C@H](OC)[C@@H](C)C(=O)N[C@H](CC(=O)NCc1ccc(NC(=O)OC(C)(C)C)cc1)Cc1ccccc1)OC)N(C)C(=O)[C@@H](NC(=O)[C@H](C(C)C)N(C)C)C(C)C. The lowest BCUT2D eigenvalue weighted by molar-refractivity contribution is -0.148. The third kappa shape index (κ3) is 17.7. The van der Waals surface area contributed by atoms with Crippen LogP contribution in [0.4, 0.5) is 10.5 Å². The van der Waals surface area contributed by atoms with Crippen molar-refractivity contribution in [2.75, 3.05) is 47.2 Å². The van der Waals surface area contributed by atoms with E-state index in [9.17, 15) is 28.8 Å². The average Bonchev–Trinajstić information content (AvgIpc) is 3.76. The predicted molar refractivity (Wildman–Crippen MR) is 270 cm³/mol. The fourth-order valence-corrected chi connectivity index (χ4v) is 9.44. The number of rotatable bonds is 25. The maximum atomic E-state index is 14.5. The Balaban J connectivity index is 1.75. The molecule has 4 N–H and O–H groups in total. The Bertz CT molecular complexity index is 1950. The van der Waals surface area contributed by atoms with E-state index in [4.69, 9.17) is 14.2 Å². The van der Waals surface area contributed by atoms with Gasteiger partial charge in [-0.1, -0.05) is 97.4 Å². The van der Waals surface area contributed by atoms with E-state index in [1.54, 1.807) is 83.0 Å². The summed E-state index contributed by atoms with van der Waals surface area (Å²) in [6, 6.07) is 14.1. The fraction of sp³-hybridized carbons (Fsp3) is 0.660. The number of benzene rings is 2. The van der Waals surface area contributed by atoms with Crippen molar-refractivity contribution in [1.82, 2.24) is 30.7 Å². The molecule has 386 valence electrons. The molecule has 0 saturated carbocycles. The van der Waals surface area contributed by atoms with E-state index >= 15 is 0 Å². The number of nitrogens with one attached hydrogen (secondary N) is 4. The first-order valence-corrected chi connectivity index (χ1v) is 24.7. The van der Waals surface area contributed by atoms with Crippen LogP contribution in [0.5, 0.6) is 0 Å². The molecule has 1 saturated heterocycles. The highest BCUT2D eigenvalue weighted by atomic mass is 16.6. The number of anilines is 1. The second-order valence-corrected chi connectivity index (χ2v) is 20.7. The van der Waals surface area contributed by atoms with Crippen LogP contribution in [0.15, 0.2) is 54.6 Å². The molecule has 0 aliphatic carbocycles. The van der Waals surface area contributed by atoms with Crippen molar-refractivity contribution in [3.8, 4) is 0 Å². The van der Waals surface area contributed by atoms with Gasteiger partial charge in [-0.25, -0.2) is 4.79 Å². The van der Waals surface area contributed by atoms with Crippen molar-refractivity contribution in [2.45, 2.75) is 162 Å². The summed E-state index contributed by atoms with van der Waals surface area (Å²) < 4.78 is 17.5. The molecular weight excluding hydrogens is 879 g/mol. The van der Waals surface area contributed by atoms with Crippen molar-refractivity contribution in [2.24, 2.45) is 23.7 Å². The van der Waals surface area contributed by atoms with Crippen LogP contribution in [0.3, 0.4) is 0 Å². The van der Waals surface area contributed by atoms with Gasteiger partial charge in [0.25, 0.3) is 0 Å². The number of hydrogen-bond donors (Lipinski definition) is 4. The summed E-state index contributed by atoms with van der Waals surface area (Å²) in [5, 5.41) is 11.9. The Morgan fingerprint density at radius 3 is 1.97 bits per heavy atom. The van der Waals surface area contributed by atoms with Gasteiger partial charge in [-0.2, -0.15) is 0 Å². The summed E-state index contributed by atoms with van der Waals surface area (Å²) >= 11 is 0. The second kappa shape index (κ2) is 27.4. The number of hydrogen-bond acceptors (Lipinski definition) is 10. The minimum atomic E-state index is -0.788. The van der Waals surface area contributed by atoms with Gasteiger partial charge in [0.2, 0.25) is 29.5 Å². The molecule has 2 aromatic rings. The van der Waals surface area contributed by atoms with Crippen LogP contribution < -0.4 is 21.3 Å². The van der Waals surface area contributed by atoms with Crippen LogP contribution in [0.2, 0.25) is 0 Å². The highest BCUT2D eigenvalue weighted by molar-refractivity contribution is 5.90. The lowest BCUT2D eigenvalue weighted by atomic mass is 9.89. The molecule has 6 amide bonds. The summed E-state index contributed by atoms with van der Waals surface area (Å²) in [7, 11) is 8.54.